The topological polar surface area (TPSA) is 50.4 Å². The van der Waals surface area contributed by atoms with Crippen molar-refractivity contribution >= 4 is 5.91 Å². The van der Waals surface area contributed by atoms with Gasteiger partial charge in [-0.15, -0.1) is 0 Å². The van der Waals surface area contributed by atoms with Crippen molar-refractivity contribution in [2.24, 2.45) is 0 Å². The summed E-state index contributed by atoms with van der Waals surface area (Å²) >= 11 is 0. The van der Waals surface area contributed by atoms with Gasteiger partial charge >= 0.3 is 0 Å². The fourth-order valence-corrected chi connectivity index (χ4v) is 1.95. The Bertz CT molecular complexity index is 417. The number of amides is 1. The summed E-state index contributed by atoms with van der Waals surface area (Å²) in [4.78, 5) is 11.8. The highest BCUT2D eigenvalue weighted by molar-refractivity contribution is 5.77. The SMILES string of the molecule is CCC(CC)NC(=O)COc1cccc(C(C)NC)c1. The molecular formula is C16H26N2O2. The monoisotopic (exact) mass is 278 g/mol. The van der Waals surface area contributed by atoms with Crippen LogP contribution in [0.5, 0.6) is 5.75 Å². The smallest absolute Gasteiger partial charge is 0.258 e. The van der Waals surface area contributed by atoms with Crippen LogP contribution in [-0.2, 0) is 4.79 Å². The Balaban J connectivity index is 2.51. The van der Waals surface area contributed by atoms with Crippen LogP contribution in [0.3, 0.4) is 0 Å². The van der Waals surface area contributed by atoms with E-state index in [-0.39, 0.29) is 24.6 Å². The summed E-state index contributed by atoms with van der Waals surface area (Å²) in [5.41, 5.74) is 1.14. The molecule has 1 aromatic carbocycles. The Labute approximate surface area is 121 Å². The van der Waals surface area contributed by atoms with Crippen LogP contribution in [0.4, 0.5) is 0 Å². The molecule has 0 saturated heterocycles. The lowest BCUT2D eigenvalue weighted by Crippen LogP contribution is -2.37. The number of nitrogens with one attached hydrogen (secondary N) is 2. The Morgan fingerprint density at radius 1 is 1.30 bits per heavy atom. The fourth-order valence-electron chi connectivity index (χ4n) is 1.95. The van der Waals surface area contributed by atoms with E-state index in [4.69, 9.17) is 4.74 Å². The molecule has 0 fully saturated rings. The number of carbonyl (C=O) groups excluding carboxylic acids is 1. The zero-order valence-corrected chi connectivity index (χ0v) is 12.9. The normalized spacial score (nSPS) is 12.2. The first kappa shape index (κ1) is 16.5. The zero-order chi connectivity index (χ0) is 15.0. The van der Waals surface area contributed by atoms with Crippen molar-refractivity contribution in [2.75, 3.05) is 13.7 Å². The molecular weight excluding hydrogens is 252 g/mol. The standard InChI is InChI=1S/C16H26N2O2/c1-5-14(6-2)18-16(19)11-20-15-9-7-8-13(10-15)12(3)17-4/h7-10,12,14,17H,5-6,11H2,1-4H3,(H,18,19). The van der Waals surface area contributed by atoms with Gasteiger partial charge in [0.1, 0.15) is 5.75 Å². The third kappa shape index (κ3) is 5.21. The van der Waals surface area contributed by atoms with Gasteiger partial charge in [0.2, 0.25) is 0 Å². The zero-order valence-electron chi connectivity index (χ0n) is 12.9. The first-order valence-electron chi connectivity index (χ1n) is 7.30. The molecule has 0 spiro atoms. The molecule has 1 atom stereocenters. The van der Waals surface area contributed by atoms with Crippen molar-refractivity contribution in [2.45, 2.75) is 45.7 Å². The van der Waals surface area contributed by atoms with Crippen molar-refractivity contribution in [3.8, 4) is 5.75 Å². The molecule has 0 saturated carbocycles. The predicted molar refractivity (Wildman–Crippen MR) is 81.9 cm³/mol. The van der Waals surface area contributed by atoms with Gasteiger partial charge < -0.3 is 15.4 Å². The van der Waals surface area contributed by atoms with Crippen molar-refractivity contribution < 1.29 is 9.53 Å². The summed E-state index contributed by atoms with van der Waals surface area (Å²) < 4.78 is 5.55. The summed E-state index contributed by atoms with van der Waals surface area (Å²) in [5, 5.41) is 6.14. The Morgan fingerprint density at radius 2 is 2.00 bits per heavy atom. The van der Waals surface area contributed by atoms with Gasteiger partial charge in [0.15, 0.2) is 6.61 Å². The average molecular weight is 278 g/mol. The van der Waals surface area contributed by atoms with Crippen LogP contribution in [0.2, 0.25) is 0 Å². The predicted octanol–water partition coefficient (Wildman–Crippen LogP) is 2.65. The first-order chi connectivity index (χ1) is 9.60. The van der Waals surface area contributed by atoms with E-state index in [9.17, 15) is 4.79 Å². The van der Waals surface area contributed by atoms with E-state index in [1.54, 1.807) is 0 Å². The van der Waals surface area contributed by atoms with E-state index >= 15 is 0 Å². The minimum absolute atomic E-state index is 0.0634. The summed E-state index contributed by atoms with van der Waals surface area (Å²) in [6, 6.07) is 8.32. The highest BCUT2D eigenvalue weighted by Crippen LogP contribution is 2.18. The van der Waals surface area contributed by atoms with Crippen LogP contribution >= 0.6 is 0 Å². The maximum atomic E-state index is 11.8. The first-order valence-corrected chi connectivity index (χ1v) is 7.30. The molecule has 1 rings (SSSR count). The largest absolute Gasteiger partial charge is 0.484 e. The molecule has 1 unspecified atom stereocenters. The minimum atomic E-state index is -0.0641. The van der Waals surface area contributed by atoms with Crippen molar-refractivity contribution in [3.63, 3.8) is 0 Å². The van der Waals surface area contributed by atoms with Gasteiger partial charge in [0.05, 0.1) is 0 Å². The Morgan fingerprint density at radius 3 is 2.60 bits per heavy atom. The Hall–Kier alpha value is -1.55. The average Bonchev–Trinajstić information content (AvgIpc) is 2.50. The molecule has 1 amide bonds. The third-order valence-corrected chi connectivity index (χ3v) is 3.51. The van der Waals surface area contributed by atoms with Crippen molar-refractivity contribution in [1.29, 1.82) is 0 Å². The van der Waals surface area contributed by atoms with E-state index < -0.39 is 0 Å². The molecule has 4 heteroatoms. The van der Waals surface area contributed by atoms with Crippen molar-refractivity contribution in [1.82, 2.24) is 10.6 Å². The molecule has 2 N–H and O–H groups in total. The molecule has 0 aliphatic rings. The van der Waals surface area contributed by atoms with E-state index in [1.165, 1.54) is 0 Å². The van der Waals surface area contributed by atoms with Crippen LogP contribution in [0.15, 0.2) is 24.3 Å². The number of ether oxygens (including phenoxy) is 1. The second-order valence-electron chi connectivity index (χ2n) is 4.95. The van der Waals surface area contributed by atoms with Gasteiger partial charge in [-0.1, -0.05) is 26.0 Å². The van der Waals surface area contributed by atoms with E-state index in [0.29, 0.717) is 0 Å². The third-order valence-electron chi connectivity index (χ3n) is 3.51. The van der Waals surface area contributed by atoms with Gasteiger partial charge in [0.25, 0.3) is 5.91 Å². The fraction of sp³-hybridized carbons (Fsp3) is 0.562. The number of hydrogen-bond donors (Lipinski definition) is 2. The van der Waals surface area contributed by atoms with Crippen LogP contribution in [0, 0.1) is 0 Å². The van der Waals surface area contributed by atoms with E-state index in [2.05, 4.69) is 31.4 Å². The second kappa shape index (κ2) is 8.59. The van der Waals surface area contributed by atoms with Gasteiger partial charge in [0, 0.05) is 12.1 Å². The Kier molecular flexibility index (Phi) is 7.09. The number of hydrogen-bond acceptors (Lipinski definition) is 3. The number of benzene rings is 1. The molecule has 0 aromatic heterocycles. The lowest BCUT2D eigenvalue weighted by molar-refractivity contribution is -0.123. The molecule has 4 nitrogen and oxygen atoms in total. The number of rotatable bonds is 8. The molecule has 1 aromatic rings. The van der Waals surface area contributed by atoms with Crippen LogP contribution in [-0.4, -0.2) is 25.6 Å². The molecule has 112 valence electrons. The van der Waals surface area contributed by atoms with Crippen LogP contribution in [0.1, 0.15) is 45.2 Å². The lowest BCUT2D eigenvalue weighted by Gasteiger charge is -2.16. The minimum Gasteiger partial charge on any atom is -0.484 e. The quantitative estimate of drug-likeness (QED) is 0.768. The number of carbonyl (C=O) groups is 1. The van der Waals surface area contributed by atoms with Gasteiger partial charge in [-0.25, -0.2) is 0 Å². The van der Waals surface area contributed by atoms with Crippen molar-refractivity contribution in [3.05, 3.63) is 29.8 Å². The molecule has 0 aliphatic heterocycles. The van der Waals surface area contributed by atoms with E-state index in [0.717, 1.165) is 24.2 Å². The van der Waals surface area contributed by atoms with Gasteiger partial charge in [-0.2, -0.15) is 0 Å². The van der Waals surface area contributed by atoms with Crippen LogP contribution in [0.25, 0.3) is 0 Å². The summed E-state index contributed by atoms with van der Waals surface area (Å²) in [5.74, 6) is 0.662. The van der Waals surface area contributed by atoms with Gasteiger partial charge in [-0.05, 0) is 44.5 Å². The maximum Gasteiger partial charge on any atom is 0.258 e. The lowest BCUT2D eigenvalue weighted by atomic mass is 10.1. The van der Waals surface area contributed by atoms with E-state index in [1.807, 2.05) is 31.3 Å². The molecule has 0 aliphatic carbocycles. The van der Waals surface area contributed by atoms with Gasteiger partial charge in [-0.3, -0.25) is 4.79 Å². The highest BCUT2D eigenvalue weighted by atomic mass is 16.5. The molecule has 0 radical (unpaired) electrons. The second-order valence-corrected chi connectivity index (χ2v) is 4.95. The maximum absolute atomic E-state index is 11.8. The highest BCUT2D eigenvalue weighted by Gasteiger charge is 2.09. The molecule has 0 bridgehead atoms. The molecule has 20 heavy (non-hydrogen) atoms. The summed E-state index contributed by atoms with van der Waals surface area (Å²) in [6.07, 6.45) is 1.88. The van der Waals surface area contributed by atoms with Crippen LogP contribution < -0.4 is 15.4 Å². The molecule has 0 heterocycles. The summed E-state index contributed by atoms with van der Waals surface area (Å²) in [7, 11) is 1.92. The summed E-state index contributed by atoms with van der Waals surface area (Å²) in [6.45, 7) is 6.28.